The van der Waals surface area contributed by atoms with Crippen LogP contribution in [0.15, 0.2) is 6.07 Å². The molecule has 0 saturated carbocycles. The minimum absolute atomic E-state index is 0.187. The van der Waals surface area contributed by atoms with E-state index in [0.29, 0.717) is 13.0 Å². The molecule has 1 amide bonds. The predicted molar refractivity (Wildman–Crippen MR) is 60.8 cm³/mol. The molecular weight excluding hydrogens is 210 g/mol. The van der Waals surface area contributed by atoms with Crippen LogP contribution < -0.4 is 0 Å². The van der Waals surface area contributed by atoms with E-state index in [1.54, 1.807) is 0 Å². The summed E-state index contributed by atoms with van der Waals surface area (Å²) in [6.45, 7) is 3.34. The summed E-state index contributed by atoms with van der Waals surface area (Å²) in [6, 6.07) is 2.01. The van der Waals surface area contributed by atoms with Crippen LogP contribution >= 0.6 is 12.6 Å². The Morgan fingerprint density at radius 3 is 2.87 bits per heavy atom. The molecule has 1 aromatic rings. The summed E-state index contributed by atoms with van der Waals surface area (Å²) in [7, 11) is 1.90. The van der Waals surface area contributed by atoms with Gasteiger partial charge in [-0.25, -0.2) is 0 Å². The summed E-state index contributed by atoms with van der Waals surface area (Å²) in [5.74, 6) is 0.189. The number of hydrogen-bond acceptors (Lipinski definition) is 3. The third kappa shape index (κ3) is 2.17. The van der Waals surface area contributed by atoms with Gasteiger partial charge in [-0.2, -0.15) is 17.7 Å². The van der Waals surface area contributed by atoms with Crippen molar-refractivity contribution in [3.8, 4) is 0 Å². The van der Waals surface area contributed by atoms with E-state index in [-0.39, 0.29) is 11.2 Å². The minimum atomic E-state index is 0.187. The molecule has 1 atom stereocenters. The first-order chi connectivity index (χ1) is 7.06. The number of carbonyl (C=O) groups is 1. The quantitative estimate of drug-likeness (QED) is 0.755. The minimum Gasteiger partial charge on any atom is -0.336 e. The van der Waals surface area contributed by atoms with Gasteiger partial charge >= 0.3 is 0 Å². The number of likely N-dealkylation sites (tertiary alicyclic amines) is 1. The van der Waals surface area contributed by atoms with Crippen molar-refractivity contribution < 1.29 is 4.79 Å². The van der Waals surface area contributed by atoms with Crippen LogP contribution in [0.25, 0.3) is 0 Å². The fourth-order valence-electron chi connectivity index (χ4n) is 1.91. The van der Waals surface area contributed by atoms with Gasteiger partial charge in [0.2, 0.25) is 5.91 Å². The molecule has 0 N–H and O–H groups in total. The molecule has 1 fully saturated rings. The highest BCUT2D eigenvalue weighted by molar-refractivity contribution is 7.81. The number of aromatic nitrogens is 2. The Labute approximate surface area is 94.7 Å². The molecule has 15 heavy (non-hydrogen) atoms. The molecule has 1 saturated heterocycles. The van der Waals surface area contributed by atoms with Crippen LogP contribution in [0.4, 0.5) is 0 Å². The molecule has 82 valence electrons. The SMILES string of the molecule is Cc1cc(CN2CC(S)CC2=O)n(C)n1. The second kappa shape index (κ2) is 3.89. The lowest BCUT2D eigenvalue weighted by Gasteiger charge is -2.15. The van der Waals surface area contributed by atoms with E-state index in [0.717, 1.165) is 17.9 Å². The van der Waals surface area contributed by atoms with Crippen molar-refractivity contribution >= 4 is 18.5 Å². The van der Waals surface area contributed by atoms with Gasteiger partial charge < -0.3 is 4.90 Å². The Morgan fingerprint density at radius 1 is 1.67 bits per heavy atom. The molecule has 0 radical (unpaired) electrons. The molecule has 0 bridgehead atoms. The van der Waals surface area contributed by atoms with Gasteiger partial charge in [-0.3, -0.25) is 9.48 Å². The monoisotopic (exact) mass is 225 g/mol. The number of carbonyl (C=O) groups excluding carboxylic acids is 1. The van der Waals surface area contributed by atoms with Crippen molar-refractivity contribution in [2.75, 3.05) is 6.54 Å². The second-order valence-corrected chi connectivity index (χ2v) is 4.76. The standard InChI is InChI=1S/C10H15N3OS/c1-7-3-8(12(2)11-7)5-13-6-9(15)4-10(13)14/h3,9,15H,4-6H2,1-2H3. The van der Waals surface area contributed by atoms with Gasteiger partial charge in [0.25, 0.3) is 0 Å². The zero-order chi connectivity index (χ0) is 11.0. The van der Waals surface area contributed by atoms with Crippen LogP contribution in [0.1, 0.15) is 17.8 Å². The highest BCUT2D eigenvalue weighted by Gasteiger charge is 2.27. The van der Waals surface area contributed by atoms with Crippen LogP contribution in [-0.2, 0) is 18.4 Å². The van der Waals surface area contributed by atoms with Crippen LogP contribution in [0.5, 0.6) is 0 Å². The number of aryl methyl sites for hydroxylation is 2. The van der Waals surface area contributed by atoms with Gasteiger partial charge in [-0.05, 0) is 13.0 Å². The normalized spacial score (nSPS) is 21.4. The summed E-state index contributed by atoms with van der Waals surface area (Å²) in [5, 5.41) is 4.44. The summed E-state index contributed by atoms with van der Waals surface area (Å²) in [6.07, 6.45) is 0.556. The lowest BCUT2D eigenvalue weighted by molar-refractivity contribution is -0.128. The van der Waals surface area contributed by atoms with E-state index in [1.165, 1.54) is 0 Å². The van der Waals surface area contributed by atoms with E-state index in [9.17, 15) is 4.79 Å². The summed E-state index contributed by atoms with van der Waals surface area (Å²) >= 11 is 4.32. The molecule has 2 heterocycles. The van der Waals surface area contributed by atoms with Crippen molar-refractivity contribution in [1.29, 1.82) is 0 Å². The maximum atomic E-state index is 11.6. The lowest BCUT2D eigenvalue weighted by atomic mass is 10.3. The van der Waals surface area contributed by atoms with Gasteiger partial charge in [0.1, 0.15) is 0 Å². The Kier molecular flexibility index (Phi) is 2.73. The van der Waals surface area contributed by atoms with Crippen LogP contribution in [-0.4, -0.2) is 32.4 Å². The summed E-state index contributed by atoms with van der Waals surface area (Å²) in [5.41, 5.74) is 2.06. The van der Waals surface area contributed by atoms with E-state index < -0.39 is 0 Å². The zero-order valence-corrected chi connectivity index (χ0v) is 9.87. The van der Waals surface area contributed by atoms with E-state index in [2.05, 4.69) is 17.7 Å². The molecule has 1 aliphatic heterocycles. The molecule has 1 aliphatic rings. The number of rotatable bonds is 2. The highest BCUT2D eigenvalue weighted by Crippen LogP contribution is 2.18. The van der Waals surface area contributed by atoms with Crippen LogP contribution in [0.2, 0.25) is 0 Å². The third-order valence-electron chi connectivity index (χ3n) is 2.65. The highest BCUT2D eigenvalue weighted by atomic mass is 32.1. The van der Waals surface area contributed by atoms with Crippen molar-refractivity contribution in [3.63, 3.8) is 0 Å². The Hall–Kier alpha value is -0.970. The maximum Gasteiger partial charge on any atom is 0.224 e. The van der Waals surface area contributed by atoms with Crippen LogP contribution in [0, 0.1) is 6.92 Å². The Morgan fingerprint density at radius 2 is 2.40 bits per heavy atom. The molecule has 4 nitrogen and oxygen atoms in total. The number of nitrogens with zero attached hydrogens (tertiary/aromatic N) is 3. The summed E-state index contributed by atoms with van der Waals surface area (Å²) < 4.78 is 1.83. The van der Waals surface area contributed by atoms with Crippen molar-refractivity contribution in [2.24, 2.45) is 7.05 Å². The van der Waals surface area contributed by atoms with Gasteiger partial charge in [-0.15, -0.1) is 0 Å². The van der Waals surface area contributed by atoms with Gasteiger partial charge in [0.15, 0.2) is 0 Å². The molecule has 0 spiro atoms. The van der Waals surface area contributed by atoms with Gasteiger partial charge in [0, 0.05) is 25.3 Å². The fourth-order valence-corrected chi connectivity index (χ4v) is 2.27. The maximum absolute atomic E-state index is 11.6. The first-order valence-electron chi connectivity index (χ1n) is 5.01. The Bertz CT molecular complexity index is 388. The second-order valence-electron chi connectivity index (χ2n) is 4.03. The first-order valence-corrected chi connectivity index (χ1v) is 5.53. The van der Waals surface area contributed by atoms with Gasteiger partial charge in [0.05, 0.1) is 17.9 Å². The molecule has 0 aromatic carbocycles. The average molecular weight is 225 g/mol. The smallest absolute Gasteiger partial charge is 0.224 e. The van der Waals surface area contributed by atoms with Crippen molar-refractivity contribution in [3.05, 3.63) is 17.5 Å². The topological polar surface area (TPSA) is 38.1 Å². The number of thiol groups is 1. The molecule has 0 aliphatic carbocycles. The fraction of sp³-hybridized carbons (Fsp3) is 0.600. The molecular formula is C10H15N3OS. The van der Waals surface area contributed by atoms with E-state index in [1.807, 2.05) is 29.6 Å². The summed E-state index contributed by atoms with van der Waals surface area (Å²) in [4.78, 5) is 13.4. The van der Waals surface area contributed by atoms with E-state index >= 15 is 0 Å². The lowest BCUT2D eigenvalue weighted by Crippen LogP contribution is -2.25. The molecule has 5 heteroatoms. The van der Waals surface area contributed by atoms with E-state index in [4.69, 9.17) is 0 Å². The molecule has 2 rings (SSSR count). The average Bonchev–Trinajstić information content (AvgIpc) is 2.58. The number of hydrogen-bond donors (Lipinski definition) is 1. The largest absolute Gasteiger partial charge is 0.336 e. The molecule has 1 aromatic heterocycles. The molecule has 1 unspecified atom stereocenters. The van der Waals surface area contributed by atoms with Crippen molar-refractivity contribution in [2.45, 2.75) is 25.1 Å². The first kappa shape index (κ1) is 10.5. The van der Waals surface area contributed by atoms with Crippen LogP contribution in [0.3, 0.4) is 0 Å². The predicted octanol–water partition coefficient (Wildman–Crippen LogP) is 0.759. The Balaban J connectivity index is 2.09. The zero-order valence-electron chi connectivity index (χ0n) is 8.97. The van der Waals surface area contributed by atoms with Gasteiger partial charge in [-0.1, -0.05) is 0 Å². The third-order valence-corrected chi connectivity index (χ3v) is 2.99. The number of amides is 1. The van der Waals surface area contributed by atoms with Crippen molar-refractivity contribution in [1.82, 2.24) is 14.7 Å².